The van der Waals surface area contributed by atoms with E-state index < -0.39 is 0 Å². The fourth-order valence-electron chi connectivity index (χ4n) is 4.13. The second kappa shape index (κ2) is 8.48. The van der Waals surface area contributed by atoms with Gasteiger partial charge in [-0.2, -0.15) is 0 Å². The van der Waals surface area contributed by atoms with Crippen molar-refractivity contribution in [2.24, 2.45) is 5.92 Å². The van der Waals surface area contributed by atoms with Crippen molar-refractivity contribution in [3.8, 4) is 0 Å². The predicted octanol–water partition coefficient (Wildman–Crippen LogP) is 1.68. The highest BCUT2D eigenvalue weighted by atomic mass is 16.2. The first kappa shape index (κ1) is 17.9. The van der Waals surface area contributed by atoms with Crippen LogP contribution in [0, 0.1) is 5.92 Å². The number of piperidine rings is 1. The van der Waals surface area contributed by atoms with Crippen LogP contribution in [0.15, 0.2) is 30.3 Å². The monoisotopic (exact) mass is 343 g/mol. The maximum absolute atomic E-state index is 13.0. The molecule has 2 amide bonds. The first-order valence-electron chi connectivity index (χ1n) is 9.46. The Morgan fingerprint density at radius 1 is 1.12 bits per heavy atom. The van der Waals surface area contributed by atoms with Crippen molar-refractivity contribution in [1.29, 1.82) is 0 Å². The molecule has 2 aliphatic rings. The quantitative estimate of drug-likeness (QED) is 0.885. The zero-order chi connectivity index (χ0) is 17.6. The third-order valence-electron chi connectivity index (χ3n) is 5.38. The zero-order valence-electron chi connectivity index (χ0n) is 15.1. The van der Waals surface area contributed by atoms with Crippen molar-refractivity contribution in [2.45, 2.75) is 38.1 Å². The molecule has 5 nitrogen and oxygen atoms in total. The van der Waals surface area contributed by atoms with Gasteiger partial charge in [-0.05, 0) is 50.8 Å². The molecule has 0 bridgehead atoms. The normalized spacial score (nSPS) is 23.7. The van der Waals surface area contributed by atoms with E-state index in [1.807, 2.05) is 47.2 Å². The van der Waals surface area contributed by atoms with E-state index in [0.29, 0.717) is 18.9 Å². The third-order valence-corrected chi connectivity index (χ3v) is 5.38. The molecular formula is C20H29N3O2. The van der Waals surface area contributed by atoms with Crippen molar-refractivity contribution < 1.29 is 9.59 Å². The fraction of sp³-hybridized carbons (Fsp3) is 0.600. The lowest BCUT2D eigenvalue weighted by Gasteiger charge is -2.36. The molecule has 1 aromatic carbocycles. The molecule has 0 radical (unpaired) electrons. The van der Waals surface area contributed by atoms with E-state index in [0.717, 1.165) is 44.5 Å². The van der Waals surface area contributed by atoms with E-state index in [9.17, 15) is 9.59 Å². The number of hydrogen-bond donors (Lipinski definition) is 1. The lowest BCUT2D eigenvalue weighted by Crippen LogP contribution is -2.51. The molecule has 2 unspecified atom stereocenters. The Morgan fingerprint density at radius 2 is 1.88 bits per heavy atom. The standard InChI is InChI=1S/C20H29N3O2/c1-21-14-17-9-5-11-22(15-17)20(25)18-10-6-12-23(18)19(24)13-16-7-3-2-4-8-16/h2-4,7-8,17-18,21H,5-6,9-15H2,1H3. The average molecular weight is 343 g/mol. The minimum absolute atomic E-state index is 0.0748. The van der Waals surface area contributed by atoms with E-state index in [1.165, 1.54) is 6.42 Å². The van der Waals surface area contributed by atoms with Gasteiger partial charge in [-0.1, -0.05) is 30.3 Å². The molecule has 2 saturated heterocycles. The van der Waals surface area contributed by atoms with Crippen molar-refractivity contribution in [3.63, 3.8) is 0 Å². The van der Waals surface area contributed by atoms with Gasteiger partial charge in [0.15, 0.2) is 0 Å². The molecule has 0 aromatic heterocycles. The molecule has 1 N–H and O–H groups in total. The van der Waals surface area contributed by atoms with Gasteiger partial charge in [-0.3, -0.25) is 9.59 Å². The smallest absolute Gasteiger partial charge is 0.245 e. The summed E-state index contributed by atoms with van der Waals surface area (Å²) in [4.78, 5) is 29.6. The largest absolute Gasteiger partial charge is 0.341 e. The van der Waals surface area contributed by atoms with Crippen LogP contribution in [0.4, 0.5) is 0 Å². The lowest BCUT2D eigenvalue weighted by atomic mass is 9.97. The van der Waals surface area contributed by atoms with Crippen molar-refractivity contribution in [2.75, 3.05) is 33.2 Å². The molecule has 5 heteroatoms. The van der Waals surface area contributed by atoms with Gasteiger partial charge in [-0.15, -0.1) is 0 Å². The van der Waals surface area contributed by atoms with Gasteiger partial charge in [-0.25, -0.2) is 0 Å². The Bertz CT molecular complexity index is 588. The summed E-state index contributed by atoms with van der Waals surface area (Å²) in [6, 6.07) is 9.53. The van der Waals surface area contributed by atoms with Gasteiger partial charge in [0.1, 0.15) is 6.04 Å². The molecule has 0 aliphatic carbocycles. The Morgan fingerprint density at radius 3 is 2.64 bits per heavy atom. The highest BCUT2D eigenvalue weighted by Crippen LogP contribution is 2.24. The second-order valence-corrected chi connectivity index (χ2v) is 7.26. The molecule has 2 aliphatic heterocycles. The average Bonchev–Trinajstić information content (AvgIpc) is 3.12. The maximum Gasteiger partial charge on any atom is 0.245 e. The lowest BCUT2D eigenvalue weighted by molar-refractivity contribution is -0.144. The molecule has 0 spiro atoms. The number of benzene rings is 1. The number of hydrogen-bond acceptors (Lipinski definition) is 3. The Kier molecular flexibility index (Phi) is 6.08. The maximum atomic E-state index is 13.0. The van der Waals surface area contributed by atoms with E-state index in [1.54, 1.807) is 0 Å². The van der Waals surface area contributed by atoms with Crippen molar-refractivity contribution in [1.82, 2.24) is 15.1 Å². The summed E-state index contributed by atoms with van der Waals surface area (Å²) >= 11 is 0. The summed E-state index contributed by atoms with van der Waals surface area (Å²) in [7, 11) is 1.96. The van der Waals surface area contributed by atoms with Gasteiger partial charge in [0, 0.05) is 19.6 Å². The number of nitrogens with zero attached hydrogens (tertiary/aromatic N) is 2. The van der Waals surface area contributed by atoms with Gasteiger partial charge < -0.3 is 15.1 Å². The van der Waals surface area contributed by atoms with E-state index in [2.05, 4.69) is 5.32 Å². The number of nitrogens with one attached hydrogen (secondary N) is 1. The zero-order valence-corrected chi connectivity index (χ0v) is 15.1. The Hall–Kier alpha value is -1.88. The predicted molar refractivity (Wildman–Crippen MR) is 98.1 cm³/mol. The van der Waals surface area contributed by atoms with Crippen LogP contribution in [0.3, 0.4) is 0 Å². The van der Waals surface area contributed by atoms with E-state index in [4.69, 9.17) is 0 Å². The van der Waals surface area contributed by atoms with E-state index in [-0.39, 0.29) is 17.9 Å². The van der Waals surface area contributed by atoms with Gasteiger partial charge in [0.2, 0.25) is 11.8 Å². The van der Waals surface area contributed by atoms with Crippen LogP contribution in [-0.2, 0) is 16.0 Å². The number of amides is 2. The van der Waals surface area contributed by atoms with Crippen LogP contribution >= 0.6 is 0 Å². The van der Waals surface area contributed by atoms with Gasteiger partial charge in [0.25, 0.3) is 0 Å². The van der Waals surface area contributed by atoms with Gasteiger partial charge in [0.05, 0.1) is 6.42 Å². The molecule has 2 fully saturated rings. The van der Waals surface area contributed by atoms with Crippen molar-refractivity contribution in [3.05, 3.63) is 35.9 Å². The summed E-state index contributed by atoms with van der Waals surface area (Å²) in [5.74, 6) is 0.753. The summed E-state index contributed by atoms with van der Waals surface area (Å²) in [5.41, 5.74) is 1.01. The van der Waals surface area contributed by atoms with Crippen LogP contribution in [-0.4, -0.2) is 60.9 Å². The summed E-state index contributed by atoms with van der Waals surface area (Å²) in [6.07, 6.45) is 4.33. The molecule has 2 atom stereocenters. The fourth-order valence-corrected chi connectivity index (χ4v) is 4.13. The molecule has 25 heavy (non-hydrogen) atoms. The topological polar surface area (TPSA) is 52.7 Å². The van der Waals surface area contributed by atoms with Crippen LogP contribution in [0.25, 0.3) is 0 Å². The molecule has 136 valence electrons. The highest BCUT2D eigenvalue weighted by molar-refractivity contribution is 5.89. The van der Waals surface area contributed by atoms with Crippen LogP contribution < -0.4 is 5.32 Å². The second-order valence-electron chi connectivity index (χ2n) is 7.26. The number of carbonyl (C=O) groups is 2. The Balaban J connectivity index is 1.62. The van der Waals surface area contributed by atoms with Crippen LogP contribution in [0.1, 0.15) is 31.2 Å². The third kappa shape index (κ3) is 4.40. The summed E-state index contributed by atoms with van der Waals surface area (Å²) in [6.45, 7) is 3.30. The van der Waals surface area contributed by atoms with E-state index >= 15 is 0 Å². The molecule has 1 aromatic rings. The van der Waals surface area contributed by atoms with Crippen LogP contribution in [0.5, 0.6) is 0 Å². The summed E-state index contributed by atoms with van der Waals surface area (Å²) in [5, 5.41) is 3.22. The highest BCUT2D eigenvalue weighted by Gasteiger charge is 2.37. The van der Waals surface area contributed by atoms with Gasteiger partial charge >= 0.3 is 0 Å². The molecular weight excluding hydrogens is 314 g/mol. The minimum atomic E-state index is -0.260. The first-order chi connectivity index (χ1) is 12.2. The molecule has 2 heterocycles. The first-order valence-corrected chi connectivity index (χ1v) is 9.46. The van der Waals surface area contributed by atoms with Crippen LogP contribution in [0.2, 0.25) is 0 Å². The number of rotatable bonds is 5. The Labute approximate surface area is 150 Å². The minimum Gasteiger partial charge on any atom is -0.341 e. The SMILES string of the molecule is CNCC1CCCN(C(=O)C2CCCN2C(=O)Cc2ccccc2)C1. The van der Waals surface area contributed by atoms with Crippen molar-refractivity contribution >= 4 is 11.8 Å². The summed E-state index contributed by atoms with van der Waals surface area (Å²) < 4.78 is 0. The molecule has 0 saturated carbocycles. The number of likely N-dealkylation sites (tertiary alicyclic amines) is 2. The molecule has 3 rings (SSSR count). The number of carbonyl (C=O) groups excluding carboxylic acids is 2.